The minimum absolute atomic E-state index is 0.254. The van der Waals surface area contributed by atoms with Crippen LogP contribution in [0.1, 0.15) is 47.0 Å². The summed E-state index contributed by atoms with van der Waals surface area (Å²) in [5, 5.41) is 0. The Morgan fingerprint density at radius 1 is 1.11 bits per heavy atom. The lowest BCUT2D eigenvalue weighted by Gasteiger charge is -2.54. The van der Waals surface area contributed by atoms with Crippen LogP contribution in [0.5, 0.6) is 0 Å². The monoisotopic (exact) mass is 270 g/mol. The van der Waals surface area contributed by atoms with Crippen LogP contribution in [0.4, 0.5) is 0 Å². The highest BCUT2D eigenvalue weighted by atomic mass is 32.2. The zero-order valence-electron chi connectivity index (χ0n) is 12.6. The summed E-state index contributed by atoms with van der Waals surface area (Å²) in [6.07, 6.45) is 3.96. The van der Waals surface area contributed by atoms with E-state index in [1.165, 1.54) is 43.9 Å². The standard InChI is InChI=1S/C15H30N2S/c1-13(2)6-5-7-17(10-13)15(9-16)8-14(3,4)11-18-12-15/h5-12,16H2,1-4H3. The number of piperidine rings is 1. The highest BCUT2D eigenvalue weighted by Gasteiger charge is 2.45. The number of thioether (sulfide) groups is 1. The number of likely N-dealkylation sites (tertiary alicyclic amines) is 1. The van der Waals surface area contributed by atoms with Crippen molar-refractivity contribution >= 4 is 11.8 Å². The Morgan fingerprint density at radius 3 is 2.39 bits per heavy atom. The average Bonchev–Trinajstić information content (AvgIpc) is 2.26. The number of hydrogen-bond donors (Lipinski definition) is 1. The zero-order chi connectivity index (χ0) is 13.4. The molecule has 2 saturated heterocycles. The molecule has 2 N–H and O–H groups in total. The van der Waals surface area contributed by atoms with Crippen LogP contribution in [0, 0.1) is 10.8 Å². The molecule has 2 fully saturated rings. The van der Waals surface area contributed by atoms with Gasteiger partial charge in [0.1, 0.15) is 0 Å². The molecule has 0 bridgehead atoms. The first kappa shape index (κ1) is 14.7. The van der Waals surface area contributed by atoms with Gasteiger partial charge in [-0.15, -0.1) is 0 Å². The van der Waals surface area contributed by atoms with Crippen molar-refractivity contribution in [2.45, 2.75) is 52.5 Å². The Labute approximate surface area is 117 Å². The second-order valence-corrected chi connectivity index (χ2v) is 8.94. The van der Waals surface area contributed by atoms with Gasteiger partial charge in [-0.1, -0.05) is 27.7 Å². The van der Waals surface area contributed by atoms with E-state index in [1.807, 2.05) is 0 Å². The van der Waals surface area contributed by atoms with Crippen molar-refractivity contribution in [1.82, 2.24) is 4.90 Å². The predicted octanol–water partition coefficient (Wildman–Crippen LogP) is 2.97. The second kappa shape index (κ2) is 4.99. The van der Waals surface area contributed by atoms with Gasteiger partial charge in [-0.25, -0.2) is 0 Å². The maximum absolute atomic E-state index is 6.22. The molecule has 2 aliphatic heterocycles. The van der Waals surface area contributed by atoms with E-state index in [-0.39, 0.29) is 5.54 Å². The molecule has 0 radical (unpaired) electrons. The molecule has 0 aromatic rings. The summed E-state index contributed by atoms with van der Waals surface area (Å²) in [6, 6.07) is 0. The molecule has 0 aliphatic carbocycles. The van der Waals surface area contributed by atoms with Gasteiger partial charge in [-0.05, 0) is 42.4 Å². The molecule has 0 aromatic heterocycles. The van der Waals surface area contributed by atoms with Gasteiger partial charge in [-0.3, -0.25) is 4.90 Å². The first-order valence-corrected chi connectivity index (χ1v) is 8.47. The molecule has 3 heteroatoms. The third-order valence-corrected chi connectivity index (χ3v) is 6.35. The molecule has 0 spiro atoms. The number of nitrogens with two attached hydrogens (primary N) is 1. The summed E-state index contributed by atoms with van der Waals surface area (Å²) >= 11 is 2.11. The van der Waals surface area contributed by atoms with Crippen LogP contribution in [0.25, 0.3) is 0 Å². The summed E-state index contributed by atoms with van der Waals surface area (Å²) in [5.41, 5.74) is 7.38. The zero-order valence-corrected chi connectivity index (χ0v) is 13.4. The highest BCUT2D eigenvalue weighted by Crippen LogP contribution is 2.44. The van der Waals surface area contributed by atoms with E-state index in [2.05, 4.69) is 44.4 Å². The smallest absolute Gasteiger partial charge is 0.0427 e. The number of nitrogens with zero attached hydrogens (tertiary/aromatic N) is 1. The van der Waals surface area contributed by atoms with Gasteiger partial charge in [0.2, 0.25) is 0 Å². The molecule has 0 saturated carbocycles. The molecule has 0 amide bonds. The van der Waals surface area contributed by atoms with Gasteiger partial charge in [-0.2, -0.15) is 11.8 Å². The van der Waals surface area contributed by atoms with Crippen LogP contribution < -0.4 is 5.73 Å². The van der Waals surface area contributed by atoms with Crippen molar-refractivity contribution in [2.75, 3.05) is 31.1 Å². The summed E-state index contributed by atoms with van der Waals surface area (Å²) < 4.78 is 0. The Morgan fingerprint density at radius 2 is 1.83 bits per heavy atom. The SMILES string of the molecule is CC1(C)CCCN(C2(CN)CSCC(C)(C)C2)C1. The van der Waals surface area contributed by atoms with Crippen molar-refractivity contribution in [3.63, 3.8) is 0 Å². The molecule has 106 valence electrons. The molecule has 2 aliphatic rings. The van der Waals surface area contributed by atoms with E-state index in [1.54, 1.807) is 0 Å². The van der Waals surface area contributed by atoms with Crippen molar-refractivity contribution < 1.29 is 0 Å². The van der Waals surface area contributed by atoms with Crippen LogP contribution >= 0.6 is 11.8 Å². The third kappa shape index (κ3) is 3.05. The van der Waals surface area contributed by atoms with Crippen LogP contribution in [0.3, 0.4) is 0 Å². The van der Waals surface area contributed by atoms with E-state index in [9.17, 15) is 0 Å². The molecular weight excluding hydrogens is 240 g/mol. The Hall–Kier alpha value is 0.270. The molecule has 2 rings (SSSR count). The second-order valence-electron chi connectivity index (χ2n) is 7.95. The summed E-state index contributed by atoms with van der Waals surface area (Å²) in [4.78, 5) is 2.73. The van der Waals surface area contributed by atoms with Crippen molar-refractivity contribution in [2.24, 2.45) is 16.6 Å². The summed E-state index contributed by atoms with van der Waals surface area (Å²) in [7, 11) is 0. The molecule has 1 unspecified atom stereocenters. The Kier molecular flexibility index (Phi) is 4.07. The topological polar surface area (TPSA) is 29.3 Å². The molecule has 18 heavy (non-hydrogen) atoms. The molecule has 1 atom stereocenters. The van der Waals surface area contributed by atoms with Crippen molar-refractivity contribution in [1.29, 1.82) is 0 Å². The normalized spacial score (nSPS) is 36.5. The third-order valence-electron chi connectivity index (χ3n) is 4.62. The van der Waals surface area contributed by atoms with Gasteiger partial charge in [0, 0.05) is 24.4 Å². The molecule has 2 heterocycles. The summed E-state index contributed by atoms with van der Waals surface area (Å²) in [6.45, 7) is 12.9. The largest absolute Gasteiger partial charge is 0.329 e. The lowest BCUT2D eigenvalue weighted by molar-refractivity contribution is 0.00648. The van der Waals surface area contributed by atoms with Gasteiger partial charge in [0.25, 0.3) is 0 Å². The fraction of sp³-hybridized carbons (Fsp3) is 1.00. The molecule has 2 nitrogen and oxygen atoms in total. The first-order valence-electron chi connectivity index (χ1n) is 7.32. The Balaban J connectivity index is 2.16. The summed E-state index contributed by atoms with van der Waals surface area (Å²) in [5.74, 6) is 2.51. The number of hydrogen-bond acceptors (Lipinski definition) is 3. The first-order chi connectivity index (χ1) is 8.29. The fourth-order valence-electron chi connectivity index (χ4n) is 3.80. The quantitative estimate of drug-likeness (QED) is 0.836. The minimum atomic E-state index is 0.254. The van der Waals surface area contributed by atoms with Crippen LogP contribution in [-0.4, -0.2) is 41.6 Å². The van der Waals surface area contributed by atoms with E-state index >= 15 is 0 Å². The van der Waals surface area contributed by atoms with Gasteiger partial charge in [0.15, 0.2) is 0 Å². The van der Waals surface area contributed by atoms with Crippen LogP contribution in [0.2, 0.25) is 0 Å². The fourth-order valence-corrected chi connectivity index (χ4v) is 5.34. The van der Waals surface area contributed by atoms with E-state index < -0.39 is 0 Å². The van der Waals surface area contributed by atoms with Crippen LogP contribution in [-0.2, 0) is 0 Å². The van der Waals surface area contributed by atoms with Gasteiger partial charge in [0.05, 0.1) is 0 Å². The highest BCUT2D eigenvalue weighted by molar-refractivity contribution is 7.99. The maximum Gasteiger partial charge on any atom is 0.0427 e. The van der Waals surface area contributed by atoms with E-state index in [0.29, 0.717) is 10.8 Å². The van der Waals surface area contributed by atoms with Gasteiger partial charge < -0.3 is 5.73 Å². The molecule has 0 aromatic carbocycles. The average molecular weight is 270 g/mol. The minimum Gasteiger partial charge on any atom is -0.329 e. The molecular formula is C15H30N2S. The van der Waals surface area contributed by atoms with E-state index in [0.717, 1.165) is 6.54 Å². The lowest BCUT2D eigenvalue weighted by atomic mass is 9.75. The predicted molar refractivity (Wildman–Crippen MR) is 82.1 cm³/mol. The lowest BCUT2D eigenvalue weighted by Crippen LogP contribution is -2.63. The van der Waals surface area contributed by atoms with Crippen molar-refractivity contribution in [3.05, 3.63) is 0 Å². The van der Waals surface area contributed by atoms with E-state index in [4.69, 9.17) is 5.73 Å². The maximum atomic E-state index is 6.22. The Bertz CT molecular complexity index is 301. The van der Waals surface area contributed by atoms with Crippen molar-refractivity contribution in [3.8, 4) is 0 Å². The van der Waals surface area contributed by atoms with Gasteiger partial charge >= 0.3 is 0 Å². The van der Waals surface area contributed by atoms with Crippen LogP contribution in [0.15, 0.2) is 0 Å². The number of rotatable bonds is 2.